The van der Waals surface area contributed by atoms with E-state index >= 15 is 0 Å². The summed E-state index contributed by atoms with van der Waals surface area (Å²) in [5.41, 5.74) is 3.77. The van der Waals surface area contributed by atoms with Crippen LogP contribution in [0.3, 0.4) is 0 Å². The van der Waals surface area contributed by atoms with Crippen molar-refractivity contribution in [1.82, 2.24) is 5.32 Å². The third-order valence-corrected chi connectivity index (χ3v) is 5.38. The van der Waals surface area contributed by atoms with Gasteiger partial charge in [-0.1, -0.05) is 19.1 Å². The zero-order chi connectivity index (χ0) is 15.0. The van der Waals surface area contributed by atoms with Crippen LogP contribution in [-0.2, 0) is 6.42 Å². The number of hydrogen-bond acceptors (Lipinski definition) is 3. The topological polar surface area (TPSA) is 32.3 Å². The lowest BCUT2D eigenvalue weighted by atomic mass is 9.97. The van der Waals surface area contributed by atoms with E-state index in [-0.39, 0.29) is 6.04 Å². The zero-order valence-electron chi connectivity index (χ0n) is 12.9. The van der Waals surface area contributed by atoms with Crippen LogP contribution in [-0.4, -0.2) is 11.1 Å². The quantitative estimate of drug-likeness (QED) is 0.869. The van der Waals surface area contributed by atoms with E-state index in [2.05, 4.69) is 43.6 Å². The summed E-state index contributed by atoms with van der Waals surface area (Å²) in [7, 11) is 0. The molecule has 0 spiro atoms. The van der Waals surface area contributed by atoms with E-state index in [0.717, 1.165) is 18.4 Å². The molecule has 0 aliphatic heterocycles. The molecule has 1 aliphatic carbocycles. The van der Waals surface area contributed by atoms with Crippen LogP contribution >= 0.6 is 11.3 Å². The van der Waals surface area contributed by atoms with Crippen molar-refractivity contribution >= 4 is 11.3 Å². The van der Waals surface area contributed by atoms with Gasteiger partial charge in [0.15, 0.2) is 0 Å². The van der Waals surface area contributed by atoms with Crippen LogP contribution < -0.4 is 5.32 Å². The van der Waals surface area contributed by atoms with Gasteiger partial charge in [0.1, 0.15) is 5.75 Å². The Bertz CT molecular complexity index is 620. The van der Waals surface area contributed by atoms with Crippen LogP contribution in [0.15, 0.2) is 29.6 Å². The lowest BCUT2D eigenvalue weighted by Gasteiger charge is -2.21. The number of aromatic hydroxyl groups is 1. The minimum atomic E-state index is 0.268. The second-order valence-corrected chi connectivity index (χ2v) is 7.30. The molecule has 112 valence electrons. The molecule has 1 heterocycles. The minimum Gasteiger partial charge on any atom is -0.508 e. The number of rotatable bonds is 4. The Balaban J connectivity index is 1.78. The highest BCUT2D eigenvalue weighted by Gasteiger charge is 2.32. The molecule has 3 atom stereocenters. The standard InChI is InChI=1S/C18H23NOS/c1-11-6-7-16(20)18-15(9-12(2)17(11)18)19-13(3)10-14-5-4-8-21-14/h4-8,12-13,15,19-20H,9-10H2,1-3H3. The summed E-state index contributed by atoms with van der Waals surface area (Å²) >= 11 is 1.81. The molecule has 2 aromatic rings. The highest BCUT2D eigenvalue weighted by molar-refractivity contribution is 7.09. The van der Waals surface area contributed by atoms with Crippen molar-refractivity contribution in [3.63, 3.8) is 0 Å². The molecule has 0 bridgehead atoms. The third-order valence-electron chi connectivity index (χ3n) is 4.49. The third kappa shape index (κ3) is 2.85. The Morgan fingerprint density at radius 1 is 1.33 bits per heavy atom. The van der Waals surface area contributed by atoms with Crippen molar-refractivity contribution in [3.05, 3.63) is 51.2 Å². The first kappa shape index (κ1) is 14.6. The van der Waals surface area contributed by atoms with Crippen molar-refractivity contribution in [3.8, 4) is 5.75 Å². The molecule has 3 unspecified atom stereocenters. The minimum absolute atomic E-state index is 0.268. The molecule has 2 nitrogen and oxygen atoms in total. The maximum atomic E-state index is 10.3. The SMILES string of the molecule is Cc1ccc(O)c2c1C(C)CC2NC(C)Cc1cccs1. The fraction of sp³-hybridized carbons (Fsp3) is 0.444. The molecule has 1 aliphatic rings. The lowest BCUT2D eigenvalue weighted by Crippen LogP contribution is -2.31. The van der Waals surface area contributed by atoms with Gasteiger partial charge < -0.3 is 10.4 Å². The van der Waals surface area contributed by atoms with E-state index in [1.165, 1.54) is 16.0 Å². The van der Waals surface area contributed by atoms with Crippen LogP contribution in [0.4, 0.5) is 0 Å². The Hall–Kier alpha value is -1.32. The first-order chi connectivity index (χ1) is 10.1. The molecule has 0 saturated heterocycles. The van der Waals surface area contributed by atoms with Crippen molar-refractivity contribution < 1.29 is 5.11 Å². The maximum Gasteiger partial charge on any atom is 0.120 e. The number of benzene rings is 1. The first-order valence-electron chi connectivity index (χ1n) is 7.67. The van der Waals surface area contributed by atoms with Gasteiger partial charge >= 0.3 is 0 Å². The molecule has 1 aromatic heterocycles. The van der Waals surface area contributed by atoms with Gasteiger partial charge in [-0.2, -0.15) is 0 Å². The van der Waals surface area contributed by atoms with E-state index in [1.54, 1.807) is 0 Å². The number of thiophene rings is 1. The van der Waals surface area contributed by atoms with Gasteiger partial charge in [0.25, 0.3) is 0 Å². The van der Waals surface area contributed by atoms with Crippen molar-refractivity contribution in [2.24, 2.45) is 0 Å². The zero-order valence-corrected chi connectivity index (χ0v) is 13.7. The summed E-state index contributed by atoms with van der Waals surface area (Å²) in [4.78, 5) is 1.41. The highest BCUT2D eigenvalue weighted by atomic mass is 32.1. The van der Waals surface area contributed by atoms with E-state index in [9.17, 15) is 5.11 Å². The Morgan fingerprint density at radius 2 is 2.14 bits per heavy atom. The summed E-state index contributed by atoms with van der Waals surface area (Å²) in [6, 6.07) is 8.84. The van der Waals surface area contributed by atoms with Crippen LogP contribution in [0.2, 0.25) is 0 Å². The number of phenols is 1. The predicted molar refractivity (Wildman–Crippen MR) is 89.2 cm³/mol. The molecule has 3 rings (SSSR count). The summed E-state index contributed by atoms with van der Waals surface area (Å²) in [6.07, 6.45) is 2.12. The largest absolute Gasteiger partial charge is 0.508 e. The molecule has 0 radical (unpaired) electrons. The van der Waals surface area contributed by atoms with Gasteiger partial charge in [0.2, 0.25) is 0 Å². The number of phenolic OH excluding ortho intramolecular Hbond substituents is 1. The van der Waals surface area contributed by atoms with Gasteiger partial charge in [0.05, 0.1) is 0 Å². The molecule has 0 amide bonds. The second-order valence-electron chi connectivity index (χ2n) is 6.27. The maximum absolute atomic E-state index is 10.3. The monoisotopic (exact) mass is 301 g/mol. The highest BCUT2D eigenvalue weighted by Crippen LogP contribution is 2.46. The molecule has 2 N–H and O–H groups in total. The Labute approximate surface area is 130 Å². The first-order valence-corrected chi connectivity index (χ1v) is 8.55. The van der Waals surface area contributed by atoms with Crippen molar-refractivity contribution in [2.75, 3.05) is 0 Å². The van der Waals surface area contributed by atoms with Crippen LogP contribution in [0.5, 0.6) is 5.75 Å². The lowest BCUT2D eigenvalue weighted by molar-refractivity contribution is 0.416. The molecule has 1 aromatic carbocycles. The van der Waals surface area contributed by atoms with Gasteiger partial charge in [-0.15, -0.1) is 11.3 Å². The summed E-state index contributed by atoms with van der Waals surface area (Å²) in [5, 5.41) is 16.1. The van der Waals surface area contributed by atoms with E-state index < -0.39 is 0 Å². The Morgan fingerprint density at radius 3 is 2.86 bits per heavy atom. The summed E-state index contributed by atoms with van der Waals surface area (Å²) in [6.45, 7) is 6.64. The van der Waals surface area contributed by atoms with Crippen LogP contribution in [0.1, 0.15) is 53.8 Å². The van der Waals surface area contributed by atoms with Gasteiger partial charge in [-0.25, -0.2) is 0 Å². The van der Waals surface area contributed by atoms with Gasteiger partial charge in [0, 0.05) is 22.5 Å². The van der Waals surface area contributed by atoms with Gasteiger partial charge in [-0.05, 0) is 61.2 Å². The summed E-state index contributed by atoms with van der Waals surface area (Å²) < 4.78 is 0. The average molecular weight is 301 g/mol. The second kappa shape index (κ2) is 5.82. The fourth-order valence-electron chi connectivity index (χ4n) is 3.63. The summed E-state index contributed by atoms with van der Waals surface area (Å²) in [5.74, 6) is 0.958. The number of nitrogens with one attached hydrogen (secondary N) is 1. The van der Waals surface area contributed by atoms with Crippen LogP contribution in [0.25, 0.3) is 0 Å². The van der Waals surface area contributed by atoms with E-state index in [0.29, 0.717) is 17.7 Å². The molecule has 0 fully saturated rings. The predicted octanol–water partition coefficient (Wildman–Crippen LogP) is 4.53. The van der Waals surface area contributed by atoms with Crippen molar-refractivity contribution in [1.29, 1.82) is 0 Å². The molecular formula is C18H23NOS. The average Bonchev–Trinajstić information content (AvgIpc) is 3.03. The molecular weight excluding hydrogens is 278 g/mol. The fourth-order valence-corrected chi connectivity index (χ4v) is 4.46. The van der Waals surface area contributed by atoms with E-state index in [4.69, 9.17) is 0 Å². The smallest absolute Gasteiger partial charge is 0.120 e. The Kier molecular flexibility index (Phi) is 4.05. The molecule has 3 heteroatoms. The number of fused-ring (bicyclic) bond motifs is 1. The number of hydrogen-bond donors (Lipinski definition) is 2. The number of aryl methyl sites for hydroxylation is 1. The molecule has 21 heavy (non-hydrogen) atoms. The van der Waals surface area contributed by atoms with Gasteiger partial charge in [-0.3, -0.25) is 0 Å². The van der Waals surface area contributed by atoms with Crippen molar-refractivity contribution in [2.45, 2.75) is 51.6 Å². The normalized spacial score (nSPS) is 22.2. The van der Waals surface area contributed by atoms with Crippen LogP contribution in [0, 0.1) is 6.92 Å². The van der Waals surface area contributed by atoms with E-state index in [1.807, 2.05) is 23.5 Å². The molecule has 0 saturated carbocycles.